The number of rotatable bonds is 4. The van der Waals surface area contributed by atoms with Crippen LogP contribution in [-0.4, -0.2) is 27.1 Å². The van der Waals surface area contributed by atoms with Gasteiger partial charge in [-0.05, 0) is 42.4 Å². The van der Waals surface area contributed by atoms with Gasteiger partial charge in [0.15, 0.2) is 0 Å². The van der Waals surface area contributed by atoms with Crippen molar-refractivity contribution in [1.29, 1.82) is 5.26 Å². The Bertz CT molecular complexity index is 1060. The lowest BCUT2D eigenvalue weighted by Gasteiger charge is -2.28. The van der Waals surface area contributed by atoms with E-state index in [9.17, 15) is 19.6 Å². The lowest BCUT2D eigenvalue weighted by molar-refractivity contribution is -0.122. The van der Waals surface area contributed by atoms with Crippen molar-refractivity contribution in [3.63, 3.8) is 0 Å². The number of carbonyl (C=O) groups excluding carboxylic acids is 2. The molecule has 0 aliphatic heterocycles. The lowest BCUT2D eigenvalue weighted by Crippen LogP contribution is -2.54. The van der Waals surface area contributed by atoms with Crippen LogP contribution in [0.3, 0.4) is 0 Å². The second-order valence-electron chi connectivity index (χ2n) is 9.20. The fourth-order valence-electron chi connectivity index (χ4n) is 4.23. The van der Waals surface area contributed by atoms with Gasteiger partial charge in [0.25, 0.3) is 0 Å². The van der Waals surface area contributed by atoms with Gasteiger partial charge in [-0.25, -0.2) is 14.2 Å². The van der Waals surface area contributed by atoms with E-state index < -0.39 is 29.1 Å². The summed E-state index contributed by atoms with van der Waals surface area (Å²) in [5.41, 5.74) is 5.69. The van der Waals surface area contributed by atoms with Crippen molar-refractivity contribution in [3.8, 4) is 6.07 Å². The first-order chi connectivity index (χ1) is 14.1. The summed E-state index contributed by atoms with van der Waals surface area (Å²) in [5.74, 6) is -0.297. The number of nitrogens with zero attached hydrogens (tertiary/aromatic N) is 3. The zero-order valence-corrected chi connectivity index (χ0v) is 17.8. The third-order valence-electron chi connectivity index (χ3n) is 5.85. The molecule has 3 N–H and O–H groups in total. The number of nitriles is 1. The van der Waals surface area contributed by atoms with Gasteiger partial charge in [0.1, 0.15) is 6.04 Å². The number of primary amides is 1. The van der Waals surface area contributed by atoms with Crippen LogP contribution in [0.5, 0.6) is 0 Å². The lowest BCUT2D eigenvalue weighted by atomic mass is 9.86. The van der Waals surface area contributed by atoms with Crippen LogP contribution < -0.4 is 16.7 Å². The average Bonchev–Trinajstić information content (AvgIpc) is 2.96. The maximum Gasteiger partial charge on any atom is 0.337 e. The Morgan fingerprint density at radius 1 is 1.23 bits per heavy atom. The van der Waals surface area contributed by atoms with Crippen molar-refractivity contribution in [3.05, 3.63) is 34.2 Å². The van der Waals surface area contributed by atoms with Crippen molar-refractivity contribution in [1.82, 2.24) is 14.5 Å². The van der Waals surface area contributed by atoms with Gasteiger partial charge in [-0.2, -0.15) is 5.26 Å². The Morgan fingerprint density at radius 2 is 1.90 bits per heavy atom. The number of nitrogens with two attached hydrogens (primary N) is 1. The zero-order chi connectivity index (χ0) is 22.1. The van der Waals surface area contributed by atoms with E-state index in [0.29, 0.717) is 29.1 Å². The molecule has 8 heteroatoms. The van der Waals surface area contributed by atoms with E-state index in [4.69, 9.17) is 5.73 Å². The number of hydrogen-bond acceptors (Lipinski definition) is 4. The number of benzene rings is 1. The van der Waals surface area contributed by atoms with Crippen LogP contribution in [-0.2, 0) is 11.3 Å². The highest BCUT2D eigenvalue weighted by Crippen LogP contribution is 2.26. The van der Waals surface area contributed by atoms with Crippen molar-refractivity contribution in [2.45, 2.75) is 65.5 Å². The van der Waals surface area contributed by atoms with Crippen molar-refractivity contribution < 1.29 is 9.59 Å². The number of hydrogen-bond donors (Lipinski definition) is 2. The van der Waals surface area contributed by atoms with E-state index in [1.54, 1.807) is 37.5 Å². The first kappa shape index (κ1) is 21.6. The minimum Gasteiger partial charge on any atom is -0.368 e. The van der Waals surface area contributed by atoms with E-state index in [1.165, 1.54) is 12.5 Å². The number of amides is 2. The summed E-state index contributed by atoms with van der Waals surface area (Å²) in [6, 6.07) is 5.25. The predicted octanol–water partition coefficient (Wildman–Crippen LogP) is 2.71. The first-order valence-corrected chi connectivity index (χ1v) is 10.4. The first-order valence-electron chi connectivity index (χ1n) is 10.4. The summed E-state index contributed by atoms with van der Waals surface area (Å²) >= 11 is 0. The maximum atomic E-state index is 13.3. The third kappa shape index (κ3) is 4.25. The molecule has 2 aromatic rings. The van der Waals surface area contributed by atoms with Gasteiger partial charge in [-0.1, -0.05) is 40.0 Å². The highest BCUT2D eigenvalue weighted by atomic mass is 16.2. The van der Waals surface area contributed by atoms with E-state index in [0.717, 1.165) is 30.3 Å². The van der Waals surface area contributed by atoms with Crippen LogP contribution in [0.15, 0.2) is 23.0 Å². The molecule has 0 radical (unpaired) electrons. The zero-order valence-electron chi connectivity index (χ0n) is 17.8. The Hall–Kier alpha value is -3.08. The molecule has 1 atom stereocenters. The van der Waals surface area contributed by atoms with E-state index in [2.05, 4.69) is 5.32 Å². The highest BCUT2D eigenvalue weighted by Gasteiger charge is 2.33. The highest BCUT2D eigenvalue weighted by molar-refractivity contribution is 5.93. The number of nitrogens with one attached hydrogen (secondary N) is 1. The number of carbonyl (C=O) groups is 2. The predicted molar refractivity (Wildman–Crippen MR) is 114 cm³/mol. The molecule has 1 aliphatic carbocycles. The molecule has 1 aliphatic rings. The Morgan fingerprint density at radius 3 is 2.47 bits per heavy atom. The molecular weight excluding hydrogens is 382 g/mol. The summed E-state index contributed by atoms with van der Waals surface area (Å²) in [4.78, 5) is 38.3. The maximum absolute atomic E-state index is 13.3. The molecule has 1 heterocycles. The van der Waals surface area contributed by atoms with Crippen LogP contribution in [0.1, 0.15) is 58.4 Å². The average molecular weight is 412 g/mol. The Kier molecular flexibility index (Phi) is 6.01. The molecule has 0 spiro atoms. The largest absolute Gasteiger partial charge is 0.368 e. The smallest absolute Gasteiger partial charge is 0.337 e. The standard InChI is InChI=1S/C22H29N5O3/c1-22(2,3)18(19(24)28)25-20(29)27-17-11-15(12-23)9-10-16(17)26(21(27)30)13-14-7-5-4-6-8-14/h9-11,14,18H,4-8,13H2,1-3H3,(H2,24,28)(H,25,29). The van der Waals surface area contributed by atoms with Gasteiger partial charge in [-0.3, -0.25) is 9.36 Å². The molecule has 1 unspecified atom stereocenters. The molecular formula is C22H29N5O3. The number of imidazole rings is 1. The minimum atomic E-state index is -0.951. The number of fused-ring (bicyclic) bond motifs is 1. The van der Waals surface area contributed by atoms with Gasteiger partial charge in [0.2, 0.25) is 5.91 Å². The Balaban J connectivity index is 2.07. The van der Waals surface area contributed by atoms with Gasteiger partial charge < -0.3 is 11.1 Å². The topological polar surface area (TPSA) is 123 Å². The normalized spacial score (nSPS) is 16.2. The molecule has 1 fully saturated rings. The summed E-state index contributed by atoms with van der Waals surface area (Å²) in [5, 5.41) is 11.9. The monoisotopic (exact) mass is 411 g/mol. The second kappa shape index (κ2) is 8.34. The van der Waals surface area contributed by atoms with Gasteiger partial charge in [0, 0.05) is 6.54 Å². The van der Waals surface area contributed by atoms with Crippen molar-refractivity contribution >= 4 is 23.0 Å². The van der Waals surface area contributed by atoms with Crippen molar-refractivity contribution in [2.24, 2.45) is 17.1 Å². The van der Waals surface area contributed by atoms with Gasteiger partial charge in [-0.15, -0.1) is 0 Å². The summed E-state index contributed by atoms with van der Waals surface area (Å²) < 4.78 is 2.63. The SMILES string of the molecule is CC(C)(C)C(NC(=O)n1c(=O)n(CC2CCCCC2)c2ccc(C#N)cc21)C(N)=O. The molecule has 8 nitrogen and oxygen atoms in total. The van der Waals surface area contributed by atoms with E-state index in [1.807, 2.05) is 6.07 Å². The quantitative estimate of drug-likeness (QED) is 0.803. The fourth-order valence-corrected chi connectivity index (χ4v) is 4.23. The molecule has 1 aromatic heterocycles. The molecule has 1 saturated carbocycles. The fraction of sp³-hybridized carbons (Fsp3) is 0.545. The van der Waals surface area contributed by atoms with Crippen LogP contribution in [0.25, 0.3) is 11.0 Å². The van der Waals surface area contributed by atoms with E-state index >= 15 is 0 Å². The van der Waals surface area contributed by atoms with E-state index in [-0.39, 0.29) is 0 Å². The third-order valence-corrected chi connectivity index (χ3v) is 5.85. The van der Waals surface area contributed by atoms with Gasteiger partial charge in [0.05, 0.1) is 22.7 Å². The Labute approximate surface area is 175 Å². The van der Waals surface area contributed by atoms with Crippen LogP contribution in [0.2, 0.25) is 0 Å². The molecule has 3 rings (SSSR count). The van der Waals surface area contributed by atoms with Crippen LogP contribution in [0, 0.1) is 22.7 Å². The molecule has 0 bridgehead atoms. The molecule has 160 valence electrons. The molecule has 1 aromatic carbocycles. The molecule has 0 saturated heterocycles. The van der Waals surface area contributed by atoms with Crippen molar-refractivity contribution in [2.75, 3.05) is 0 Å². The molecule has 2 amide bonds. The summed E-state index contributed by atoms with van der Waals surface area (Å²) in [6.45, 7) is 5.88. The van der Waals surface area contributed by atoms with Gasteiger partial charge >= 0.3 is 11.7 Å². The minimum absolute atomic E-state index is 0.348. The molecule has 30 heavy (non-hydrogen) atoms. The van der Waals surface area contributed by atoms with Crippen LogP contribution in [0.4, 0.5) is 4.79 Å². The summed E-state index contributed by atoms with van der Waals surface area (Å²) in [7, 11) is 0. The number of aromatic nitrogens is 2. The van der Waals surface area contributed by atoms with Crippen LogP contribution >= 0.6 is 0 Å². The summed E-state index contributed by atoms with van der Waals surface area (Å²) in [6.07, 6.45) is 5.60. The second-order valence-corrected chi connectivity index (χ2v) is 9.20.